The summed E-state index contributed by atoms with van der Waals surface area (Å²) in [6.07, 6.45) is 3.09. The van der Waals surface area contributed by atoms with E-state index in [4.69, 9.17) is 10.1 Å². The monoisotopic (exact) mass is 447 g/mol. The first-order chi connectivity index (χ1) is 15.6. The summed E-state index contributed by atoms with van der Waals surface area (Å²) in [5, 5.41) is 15.9. The molecule has 1 aromatic heterocycles. The molecule has 162 valence electrons. The predicted octanol–water partition coefficient (Wildman–Crippen LogP) is 6.50. The van der Waals surface area contributed by atoms with Crippen LogP contribution in [-0.4, -0.2) is 26.8 Å². The molecule has 0 spiro atoms. The summed E-state index contributed by atoms with van der Waals surface area (Å²) in [6, 6.07) is 17.1. The first-order valence-electron chi connectivity index (χ1n) is 10.7. The first-order valence-corrected chi connectivity index (χ1v) is 11.7. The number of hydrogen-bond donors (Lipinski definition) is 2. The van der Waals surface area contributed by atoms with Crippen LogP contribution in [0.5, 0.6) is 0 Å². The van der Waals surface area contributed by atoms with Crippen LogP contribution >= 0.6 is 11.8 Å². The lowest BCUT2D eigenvalue weighted by atomic mass is 9.99. The molecular formula is C25H22FN3O2S. The number of nitrogens with zero attached hydrogens (tertiary/aromatic N) is 2. The third-order valence-corrected chi connectivity index (χ3v) is 6.57. The number of carboxylic acids is 1. The van der Waals surface area contributed by atoms with E-state index >= 15 is 0 Å². The zero-order valence-corrected chi connectivity index (χ0v) is 18.2. The minimum absolute atomic E-state index is 0.0969. The van der Waals surface area contributed by atoms with Crippen molar-refractivity contribution in [1.82, 2.24) is 9.97 Å². The summed E-state index contributed by atoms with van der Waals surface area (Å²) in [5.41, 5.74) is 2.84. The smallest absolute Gasteiger partial charge is 0.303 e. The predicted molar refractivity (Wildman–Crippen MR) is 126 cm³/mol. The number of hydrogen-bond acceptors (Lipinski definition) is 5. The highest BCUT2D eigenvalue weighted by molar-refractivity contribution is 7.99. The van der Waals surface area contributed by atoms with E-state index in [-0.39, 0.29) is 12.2 Å². The van der Waals surface area contributed by atoms with Gasteiger partial charge in [0.1, 0.15) is 11.6 Å². The van der Waals surface area contributed by atoms with Crippen molar-refractivity contribution in [2.75, 3.05) is 11.1 Å². The third kappa shape index (κ3) is 4.39. The van der Waals surface area contributed by atoms with Gasteiger partial charge in [0.15, 0.2) is 5.16 Å². The van der Waals surface area contributed by atoms with Crippen molar-refractivity contribution in [3.63, 3.8) is 0 Å². The zero-order valence-electron chi connectivity index (χ0n) is 17.3. The fraction of sp³-hybridized carbons (Fsp3) is 0.240. The fourth-order valence-electron chi connectivity index (χ4n) is 3.94. The van der Waals surface area contributed by atoms with E-state index in [9.17, 15) is 9.18 Å². The van der Waals surface area contributed by atoms with Crippen LogP contribution in [0.4, 0.5) is 15.9 Å². The summed E-state index contributed by atoms with van der Waals surface area (Å²) in [6.45, 7) is 0. The van der Waals surface area contributed by atoms with Crippen LogP contribution in [0.15, 0.2) is 59.8 Å². The normalized spacial score (nSPS) is 13.5. The first kappa shape index (κ1) is 20.7. The van der Waals surface area contributed by atoms with Crippen molar-refractivity contribution < 1.29 is 14.3 Å². The van der Waals surface area contributed by atoms with Crippen molar-refractivity contribution >= 4 is 50.9 Å². The number of aliphatic carboxylic acids is 1. The number of benzene rings is 3. The molecule has 0 unspecified atom stereocenters. The maximum absolute atomic E-state index is 13.9. The van der Waals surface area contributed by atoms with Gasteiger partial charge in [0, 0.05) is 34.7 Å². The van der Waals surface area contributed by atoms with Gasteiger partial charge in [0.25, 0.3) is 0 Å². The molecule has 2 N–H and O–H groups in total. The summed E-state index contributed by atoms with van der Waals surface area (Å²) in [5.74, 6) is 0.649. The number of thioether (sulfide) groups is 1. The Morgan fingerprint density at radius 2 is 1.88 bits per heavy atom. The number of aromatic nitrogens is 2. The number of rotatable bonds is 8. The van der Waals surface area contributed by atoms with Crippen LogP contribution in [0.25, 0.3) is 21.7 Å². The quantitative estimate of drug-likeness (QED) is 0.182. The molecule has 5 rings (SSSR count). The number of anilines is 2. The molecule has 7 heteroatoms. The van der Waals surface area contributed by atoms with Crippen LogP contribution in [0.1, 0.15) is 37.2 Å². The molecule has 3 aromatic carbocycles. The van der Waals surface area contributed by atoms with Crippen molar-refractivity contribution in [1.29, 1.82) is 0 Å². The Hall–Kier alpha value is -3.19. The van der Waals surface area contributed by atoms with E-state index in [0.29, 0.717) is 34.6 Å². The molecule has 1 heterocycles. The minimum atomic E-state index is -0.823. The second-order valence-electron chi connectivity index (χ2n) is 8.01. The number of carbonyl (C=O) groups is 1. The average molecular weight is 448 g/mol. The van der Waals surface area contributed by atoms with Gasteiger partial charge in [-0.15, -0.1) is 0 Å². The Kier molecular flexibility index (Phi) is 5.66. The molecule has 1 fully saturated rings. The molecule has 0 amide bonds. The lowest BCUT2D eigenvalue weighted by Crippen LogP contribution is -2.01. The van der Waals surface area contributed by atoms with Gasteiger partial charge in [0.2, 0.25) is 0 Å². The van der Waals surface area contributed by atoms with Gasteiger partial charge >= 0.3 is 5.97 Å². The van der Waals surface area contributed by atoms with Gasteiger partial charge in [-0.1, -0.05) is 42.1 Å². The van der Waals surface area contributed by atoms with Crippen molar-refractivity contribution in [3.05, 3.63) is 66.0 Å². The van der Waals surface area contributed by atoms with Crippen LogP contribution < -0.4 is 5.32 Å². The summed E-state index contributed by atoms with van der Waals surface area (Å²) >= 11 is 1.38. The van der Waals surface area contributed by atoms with Gasteiger partial charge < -0.3 is 10.4 Å². The number of fused-ring (bicyclic) bond motifs is 2. The van der Waals surface area contributed by atoms with Crippen LogP contribution in [0.2, 0.25) is 0 Å². The molecule has 1 saturated carbocycles. The lowest BCUT2D eigenvalue weighted by Gasteiger charge is -2.14. The van der Waals surface area contributed by atoms with Crippen molar-refractivity contribution in [2.45, 2.75) is 36.8 Å². The summed E-state index contributed by atoms with van der Waals surface area (Å²) in [7, 11) is 0. The lowest BCUT2D eigenvalue weighted by molar-refractivity contribution is -0.137. The fourth-order valence-corrected chi connectivity index (χ4v) is 4.73. The highest BCUT2D eigenvalue weighted by Crippen LogP contribution is 2.44. The number of carboxylic acid groups (broad SMARTS) is 1. The maximum atomic E-state index is 13.9. The number of nitrogens with one attached hydrogen (secondary N) is 1. The largest absolute Gasteiger partial charge is 0.481 e. The molecule has 0 aliphatic heterocycles. The highest BCUT2D eigenvalue weighted by Gasteiger charge is 2.25. The van der Waals surface area contributed by atoms with E-state index in [0.717, 1.165) is 16.5 Å². The maximum Gasteiger partial charge on any atom is 0.303 e. The Bertz CT molecular complexity index is 1320. The van der Waals surface area contributed by atoms with E-state index in [1.54, 1.807) is 6.07 Å². The molecule has 1 aliphatic rings. The number of halogens is 1. The van der Waals surface area contributed by atoms with Crippen LogP contribution in [0, 0.1) is 5.82 Å². The molecule has 32 heavy (non-hydrogen) atoms. The summed E-state index contributed by atoms with van der Waals surface area (Å²) in [4.78, 5) is 19.9. The molecular weight excluding hydrogens is 425 g/mol. The minimum Gasteiger partial charge on any atom is -0.481 e. The SMILES string of the molecule is O=C(O)CCCSc1nc(Nc2ccc(C3CC3)c3ccccc23)c2ccc(F)cc2n1. The Morgan fingerprint density at radius 3 is 2.66 bits per heavy atom. The van der Waals surface area contributed by atoms with E-state index in [2.05, 4.69) is 40.6 Å². The van der Waals surface area contributed by atoms with Crippen molar-refractivity contribution in [3.8, 4) is 0 Å². The zero-order chi connectivity index (χ0) is 22.1. The van der Waals surface area contributed by atoms with Gasteiger partial charge in [-0.2, -0.15) is 0 Å². The van der Waals surface area contributed by atoms with Crippen molar-refractivity contribution in [2.24, 2.45) is 0 Å². The van der Waals surface area contributed by atoms with E-state index < -0.39 is 5.97 Å². The van der Waals surface area contributed by atoms with Gasteiger partial charge in [-0.05, 0) is 54.3 Å². The van der Waals surface area contributed by atoms with Crippen LogP contribution in [0.3, 0.4) is 0 Å². The second kappa shape index (κ2) is 8.74. The molecule has 0 bridgehead atoms. The molecule has 5 nitrogen and oxygen atoms in total. The molecule has 1 aliphatic carbocycles. The third-order valence-electron chi connectivity index (χ3n) is 5.63. The van der Waals surface area contributed by atoms with E-state index in [1.165, 1.54) is 47.7 Å². The Labute approximate surface area is 189 Å². The second-order valence-corrected chi connectivity index (χ2v) is 9.07. The van der Waals surface area contributed by atoms with Gasteiger partial charge in [0.05, 0.1) is 5.52 Å². The molecule has 4 aromatic rings. The van der Waals surface area contributed by atoms with Crippen LogP contribution in [-0.2, 0) is 4.79 Å². The standard InChI is InChI=1S/C25H22FN3O2S/c26-16-9-10-20-22(14-16)28-25(32-13-3-6-23(30)31)29-24(20)27-21-12-11-17(15-7-8-15)18-4-1-2-5-19(18)21/h1-2,4-5,9-12,14-15H,3,6-8,13H2,(H,30,31)(H,27,28,29). The summed E-state index contributed by atoms with van der Waals surface area (Å²) < 4.78 is 13.9. The molecule has 0 atom stereocenters. The van der Waals surface area contributed by atoms with Gasteiger partial charge in [-0.3, -0.25) is 4.79 Å². The van der Waals surface area contributed by atoms with E-state index in [1.807, 2.05) is 6.07 Å². The Balaban J connectivity index is 1.52. The van der Waals surface area contributed by atoms with Gasteiger partial charge in [-0.25, -0.2) is 14.4 Å². The molecule has 0 radical (unpaired) electrons. The average Bonchev–Trinajstić information content (AvgIpc) is 3.62. The highest BCUT2D eigenvalue weighted by atomic mass is 32.2. The topological polar surface area (TPSA) is 75.1 Å². The Morgan fingerprint density at radius 1 is 1.06 bits per heavy atom. The molecule has 0 saturated heterocycles.